The first-order chi connectivity index (χ1) is 20.8. The molecule has 16 heteroatoms. The third-order valence-corrected chi connectivity index (χ3v) is 7.50. The van der Waals surface area contributed by atoms with Crippen LogP contribution < -0.4 is 9.47 Å². The van der Waals surface area contributed by atoms with Gasteiger partial charge in [-0.25, -0.2) is 4.42 Å². The highest BCUT2D eigenvalue weighted by Crippen LogP contribution is 2.45. The molecule has 2 aliphatic rings. The number of ether oxygens (including phenoxy) is 5. The van der Waals surface area contributed by atoms with Gasteiger partial charge < -0.3 is 74.7 Å². The van der Waals surface area contributed by atoms with E-state index in [1.807, 2.05) is 0 Å². The fourth-order valence-electron chi connectivity index (χ4n) is 4.97. The van der Waals surface area contributed by atoms with Crippen LogP contribution in [0.2, 0.25) is 0 Å². The molecule has 3 aromatic rings. The molecule has 0 amide bonds. The van der Waals surface area contributed by atoms with Crippen molar-refractivity contribution in [3.05, 3.63) is 30.3 Å². The van der Waals surface area contributed by atoms with Crippen molar-refractivity contribution in [3.8, 4) is 45.8 Å². The molecule has 5 rings (SSSR count). The topological polar surface area (TPSA) is 260 Å². The van der Waals surface area contributed by atoms with Crippen LogP contribution in [0.4, 0.5) is 0 Å². The minimum atomic E-state index is -1.85. The van der Waals surface area contributed by atoms with Gasteiger partial charge in [0, 0.05) is 24.3 Å². The third kappa shape index (κ3) is 5.86. The number of rotatable bonds is 7. The Morgan fingerprint density at radius 3 is 2.11 bits per heavy atom. The van der Waals surface area contributed by atoms with E-state index in [-0.39, 0.29) is 39.5 Å². The van der Waals surface area contributed by atoms with Crippen LogP contribution in [0.25, 0.3) is 22.3 Å². The van der Waals surface area contributed by atoms with Crippen LogP contribution in [0.5, 0.6) is 34.5 Å². The van der Waals surface area contributed by atoms with Crippen molar-refractivity contribution in [3.63, 3.8) is 0 Å². The van der Waals surface area contributed by atoms with Crippen LogP contribution in [0.3, 0.4) is 0 Å². The van der Waals surface area contributed by atoms with Crippen LogP contribution >= 0.6 is 0 Å². The largest absolute Gasteiger partial charge is 0.507 e. The smallest absolute Gasteiger partial charge is 0.402 e. The molecule has 16 nitrogen and oxygen atoms in total. The molecule has 0 radical (unpaired) electrons. The molecule has 5 unspecified atom stereocenters. The Bertz CT molecular complexity index is 1500. The molecule has 2 aromatic carbocycles. The Labute approximate surface area is 248 Å². The van der Waals surface area contributed by atoms with Gasteiger partial charge >= 0.3 is 11.3 Å². The zero-order valence-corrected chi connectivity index (χ0v) is 23.3. The van der Waals surface area contributed by atoms with Crippen LogP contribution in [-0.2, 0) is 14.2 Å². The minimum Gasteiger partial charge on any atom is -0.507 e. The van der Waals surface area contributed by atoms with Gasteiger partial charge in [-0.2, -0.15) is 0 Å². The summed E-state index contributed by atoms with van der Waals surface area (Å²) >= 11 is 0. The Kier molecular flexibility index (Phi) is 8.90. The molecule has 0 bridgehead atoms. The number of fused-ring (bicyclic) bond motifs is 1. The van der Waals surface area contributed by atoms with E-state index in [2.05, 4.69) is 0 Å². The maximum absolute atomic E-state index is 10.7. The summed E-state index contributed by atoms with van der Waals surface area (Å²) in [5.41, 5.74) is 0.0387. The van der Waals surface area contributed by atoms with Gasteiger partial charge in [0.05, 0.1) is 31.5 Å². The van der Waals surface area contributed by atoms with Gasteiger partial charge in [0.1, 0.15) is 59.6 Å². The number of hydrogen-bond acceptors (Lipinski definition) is 15. The standard InChI is InChI=1S/C28H32O16/c1-9-19(32)22(35)24(37)27(41-9)40-8-18-21(34)23(36)25(38)28(44-18)43-17-7-12-13(30)5-11(29)6-15(12)42-26(17)10-3-14(31)20(33)16(4-10)39-2/h3-7,9,18-19,21-25,27-28,32,34-38H,8H2,1-2H3,(H3-,29,30,31,33)/p+1/t9?,18?,19-,21+,22-,23?,24?,25?,27+,28+/m0/s1. The van der Waals surface area contributed by atoms with Crippen molar-refractivity contribution in [2.24, 2.45) is 0 Å². The highest BCUT2D eigenvalue weighted by atomic mass is 16.7. The first-order valence-electron chi connectivity index (χ1n) is 13.4. The molecular formula is C28H33O16+. The second-order valence-electron chi connectivity index (χ2n) is 10.5. The molecule has 3 heterocycles. The second-order valence-corrected chi connectivity index (χ2v) is 10.5. The van der Waals surface area contributed by atoms with Crippen LogP contribution in [0.15, 0.2) is 34.7 Å². The van der Waals surface area contributed by atoms with Gasteiger partial charge in [0.15, 0.2) is 17.8 Å². The van der Waals surface area contributed by atoms with Crippen molar-refractivity contribution < 1.29 is 79.2 Å². The van der Waals surface area contributed by atoms with Crippen molar-refractivity contribution in [1.29, 1.82) is 0 Å². The van der Waals surface area contributed by atoms with Gasteiger partial charge in [-0.3, -0.25) is 0 Å². The molecule has 0 spiro atoms. The molecule has 0 aliphatic carbocycles. The number of benzene rings is 2. The van der Waals surface area contributed by atoms with Crippen molar-refractivity contribution >= 4 is 11.0 Å². The second kappa shape index (κ2) is 12.4. The Balaban J connectivity index is 1.47. The molecular weight excluding hydrogens is 592 g/mol. The van der Waals surface area contributed by atoms with Crippen LogP contribution in [0, 0.1) is 0 Å². The fourth-order valence-corrected chi connectivity index (χ4v) is 4.97. The zero-order valence-electron chi connectivity index (χ0n) is 23.3. The maximum atomic E-state index is 10.7. The van der Waals surface area contributed by atoms with Crippen molar-refractivity contribution in [1.82, 2.24) is 0 Å². The van der Waals surface area contributed by atoms with E-state index < -0.39 is 85.3 Å². The number of phenols is 4. The zero-order chi connectivity index (χ0) is 32.0. The number of hydrogen-bond donors (Lipinski definition) is 10. The summed E-state index contributed by atoms with van der Waals surface area (Å²) in [4.78, 5) is 0. The van der Waals surface area contributed by atoms with Gasteiger partial charge in [0.25, 0.3) is 0 Å². The molecule has 2 saturated heterocycles. The predicted octanol–water partition coefficient (Wildman–Crippen LogP) is -0.758. The summed E-state index contributed by atoms with van der Waals surface area (Å²) in [7, 11) is 1.24. The molecule has 2 fully saturated rings. The lowest BCUT2D eigenvalue weighted by atomic mass is 9.98. The lowest BCUT2D eigenvalue weighted by molar-refractivity contribution is -0.318. The Morgan fingerprint density at radius 1 is 0.727 bits per heavy atom. The average molecular weight is 626 g/mol. The summed E-state index contributed by atoms with van der Waals surface area (Å²) in [5, 5.41) is 103. The highest BCUT2D eigenvalue weighted by molar-refractivity contribution is 5.88. The van der Waals surface area contributed by atoms with Crippen LogP contribution in [-0.4, -0.2) is 126 Å². The van der Waals surface area contributed by atoms with E-state index in [0.717, 1.165) is 12.1 Å². The minimum absolute atomic E-state index is 0.0317. The summed E-state index contributed by atoms with van der Waals surface area (Å²) in [6, 6.07) is 5.88. The van der Waals surface area contributed by atoms with Crippen molar-refractivity contribution in [2.45, 2.75) is 68.3 Å². The van der Waals surface area contributed by atoms with Crippen molar-refractivity contribution in [2.75, 3.05) is 13.7 Å². The highest BCUT2D eigenvalue weighted by Gasteiger charge is 2.48. The summed E-state index contributed by atoms with van der Waals surface area (Å²) in [6.07, 6.45) is -15.5. The molecule has 240 valence electrons. The number of aromatic hydroxyl groups is 4. The Hall–Kier alpha value is -3.71. The molecule has 10 atom stereocenters. The van der Waals surface area contributed by atoms with Gasteiger partial charge in [-0.1, -0.05) is 0 Å². The molecule has 2 aliphatic heterocycles. The molecule has 44 heavy (non-hydrogen) atoms. The molecule has 10 N–H and O–H groups in total. The predicted molar refractivity (Wildman–Crippen MR) is 145 cm³/mol. The van der Waals surface area contributed by atoms with E-state index in [9.17, 15) is 51.1 Å². The third-order valence-electron chi connectivity index (χ3n) is 7.50. The molecule has 0 saturated carbocycles. The van der Waals surface area contributed by atoms with E-state index >= 15 is 0 Å². The fraction of sp³-hybridized carbons (Fsp3) is 0.464. The summed E-state index contributed by atoms with van der Waals surface area (Å²) in [6.45, 7) is 0.904. The quantitative estimate of drug-likeness (QED) is 0.114. The normalized spacial score (nSPS) is 32.5. The first kappa shape index (κ1) is 31.7. The van der Waals surface area contributed by atoms with E-state index in [1.165, 1.54) is 32.2 Å². The number of phenolic OH excluding ortho intramolecular Hbond substituents is 4. The maximum Gasteiger partial charge on any atom is 0.402 e. The molecule has 1 aromatic heterocycles. The average Bonchev–Trinajstić information content (AvgIpc) is 2.99. The van der Waals surface area contributed by atoms with E-state index in [0.29, 0.717) is 0 Å². The number of aliphatic hydroxyl groups excluding tert-OH is 6. The van der Waals surface area contributed by atoms with E-state index in [4.69, 9.17) is 28.1 Å². The lowest BCUT2D eigenvalue weighted by Gasteiger charge is -2.42. The van der Waals surface area contributed by atoms with Gasteiger partial charge in [0.2, 0.25) is 17.8 Å². The summed E-state index contributed by atoms with van der Waals surface area (Å²) < 4.78 is 33.5. The SMILES string of the molecule is COc1cc(-c2[o+]c3cc(O)cc(O)c3cc2O[C@@H]2OC(CO[C@@H]3OC(C)[C@H](O)[C@H](O)C3O)[C@@H](O)C(O)C2O)cc(O)c1O. The first-order valence-corrected chi connectivity index (χ1v) is 13.4. The monoisotopic (exact) mass is 625 g/mol. The van der Waals surface area contributed by atoms with E-state index in [1.54, 1.807) is 0 Å². The summed E-state index contributed by atoms with van der Waals surface area (Å²) in [5.74, 6) is -2.45. The number of aliphatic hydroxyl groups is 6. The lowest BCUT2D eigenvalue weighted by Crippen LogP contribution is -2.61. The van der Waals surface area contributed by atoms with Gasteiger partial charge in [-0.15, -0.1) is 0 Å². The Morgan fingerprint density at radius 2 is 1.41 bits per heavy atom. The number of methoxy groups -OCH3 is 1. The van der Waals surface area contributed by atoms with Gasteiger partial charge in [-0.05, 0) is 6.92 Å². The van der Waals surface area contributed by atoms with Crippen LogP contribution in [0.1, 0.15) is 6.92 Å².